The molecular weight excluding hydrogens is 216 g/mol. The molecule has 0 radical (unpaired) electrons. The van der Waals surface area contributed by atoms with Gasteiger partial charge in [0.1, 0.15) is 0 Å². The molecule has 0 fully saturated rings. The van der Waals surface area contributed by atoms with Gasteiger partial charge in [0.25, 0.3) is 0 Å². The van der Waals surface area contributed by atoms with Gasteiger partial charge in [-0.25, -0.2) is 4.98 Å². The highest BCUT2D eigenvalue weighted by Gasteiger charge is 1.98. The van der Waals surface area contributed by atoms with Crippen LogP contribution in [-0.2, 0) is 0 Å². The highest BCUT2D eigenvalue weighted by atomic mass is 32.2. The Labute approximate surface area is 103 Å². The minimum Gasteiger partial charge on any atom is -0.316 e. The van der Waals surface area contributed by atoms with Gasteiger partial charge in [-0.2, -0.15) is 0 Å². The van der Waals surface area contributed by atoms with E-state index >= 15 is 0 Å². The largest absolute Gasteiger partial charge is 0.316 e. The van der Waals surface area contributed by atoms with Crippen LogP contribution < -0.4 is 5.32 Å². The van der Waals surface area contributed by atoms with Gasteiger partial charge in [-0.3, -0.25) is 0 Å². The summed E-state index contributed by atoms with van der Waals surface area (Å²) in [4.78, 5) is 4.50. The molecule has 0 unspecified atom stereocenters. The average Bonchev–Trinajstić information content (AvgIpc) is 2.15. The molecule has 0 aliphatic heterocycles. The van der Waals surface area contributed by atoms with Gasteiger partial charge < -0.3 is 5.32 Å². The molecule has 1 aromatic heterocycles. The molecule has 1 rings (SSSR count). The predicted molar refractivity (Wildman–Crippen MR) is 72.1 cm³/mol. The number of aromatic nitrogens is 1. The van der Waals surface area contributed by atoms with Crippen LogP contribution in [0.4, 0.5) is 0 Å². The molecule has 1 heterocycles. The second-order valence-corrected chi connectivity index (χ2v) is 5.69. The standard InChI is InChI=1S/C13H22N2S/c1-10(2)9-14-5-6-16-13-8-11(3)7-12(4)15-13/h7-8,10,14H,5-6,9H2,1-4H3. The van der Waals surface area contributed by atoms with Crippen molar-refractivity contribution in [2.45, 2.75) is 32.7 Å². The van der Waals surface area contributed by atoms with Crippen molar-refractivity contribution in [3.8, 4) is 0 Å². The lowest BCUT2D eigenvalue weighted by atomic mass is 10.2. The lowest BCUT2D eigenvalue weighted by molar-refractivity contribution is 0.568. The number of hydrogen-bond donors (Lipinski definition) is 1. The van der Waals surface area contributed by atoms with Crippen LogP contribution in [0.5, 0.6) is 0 Å². The van der Waals surface area contributed by atoms with Crippen LogP contribution >= 0.6 is 11.8 Å². The van der Waals surface area contributed by atoms with Crippen LogP contribution in [0.3, 0.4) is 0 Å². The third kappa shape index (κ3) is 5.52. The van der Waals surface area contributed by atoms with E-state index in [0.717, 1.165) is 35.5 Å². The maximum Gasteiger partial charge on any atom is 0.0966 e. The average molecular weight is 238 g/mol. The Bertz CT molecular complexity index is 303. The van der Waals surface area contributed by atoms with E-state index in [9.17, 15) is 0 Å². The van der Waals surface area contributed by atoms with Crippen LogP contribution in [0.25, 0.3) is 0 Å². The summed E-state index contributed by atoms with van der Waals surface area (Å²) in [5.41, 5.74) is 2.41. The van der Waals surface area contributed by atoms with E-state index in [1.54, 1.807) is 0 Å². The highest BCUT2D eigenvalue weighted by molar-refractivity contribution is 7.99. The number of rotatable bonds is 6. The summed E-state index contributed by atoms with van der Waals surface area (Å²) in [5, 5.41) is 4.58. The molecular formula is C13H22N2S. The SMILES string of the molecule is Cc1cc(C)nc(SCCNCC(C)C)c1. The summed E-state index contributed by atoms with van der Waals surface area (Å²) in [7, 11) is 0. The Morgan fingerprint density at radius 3 is 2.69 bits per heavy atom. The minimum atomic E-state index is 0.726. The normalized spacial score (nSPS) is 11.1. The van der Waals surface area contributed by atoms with Gasteiger partial charge in [0, 0.05) is 18.0 Å². The van der Waals surface area contributed by atoms with Gasteiger partial charge in [0.05, 0.1) is 5.03 Å². The lowest BCUT2D eigenvalue weighted by Gasteiger charge is -2.07. The fraction of sp³-hybridized carbons (Fsp3) is 0.615. The number of nitrogens with one attached hydrogen (secondary N) is 1. The zero-order valence-corrected chi connectivity index (χ0v) is 11.5. The number of thioether (sulfide) groups is 1. The van der Waals surface area contributed by atoms with Crippen LogP contribution in [0.15, 0.2) is 17.2 Å². The van der Waals surface area contributed by atoms with Gasteiger partial charge >= 0.3 is 0 Å². The first-order chi connectivity index (χ1) is 7.58. The summed E-state index contributed by atoms with van der Waals surface area (Å²) < 4.78 is 0. The molecule has 1 aromatic rings. The zero-order valence-electron chi connectivity index (χ0n) is 10.7. The molecule has 0 aliphatic rings. The molecule has 16 heavy (non-hydrogen) atoms. The Balaban J connectivity index is 2.26. The Morgan fingerprint density at radius 2 is 2.06 bits per heavy atom. The molecule has 1 N–H and O–H groups in total. The van der Waals surface area contributed by atoms with Crippen molar-refractivity contribution in [3.63, 3.8) is 0 Å². The van der Waals surface area contributed by atoms with E-state index < -0.39 is 0 Å². The number of pyridine rings is 1. The lowest BCUT2D eigenvalue weighted by Crippen LogP contribution is -2.22. The number of aryl methyl sites for hydroxylation is 2. The maximum absolute atomic E-state index is 4.50. The van der Waals surface area contributed by atoms with Crippen LogP contribution in [0.1, 0.15) is 25.1 Å². The van der Waals surface area contributed by atoms with Gasteiger partial charge in [0.2, 0.25) is 0 Å². The molecule has 0 aromatic carbocycles. The summed E-state index contributed by atoms with van der Waals surface area (Å²) >= 11 is 1.83. The van der Waals surface area contributed by atoms with Crippen molar-refractivity contribution in [1.82, 2.24) is 10.3 Å². The minimum absolute atomic E-state index is 0.726. The topological polar surface area (TPSA) is 24.9 Å². The van der Waals surface area contributed by atoms with Crippen molar-refractivity contribution >= 4 is 11.8 Å². The van der Waals surface area contributed by atoms with Gasteiger partial charge in [-0.1, -0.05) is 13.8 Å². The summed E-state index contributed by atoms with van der Waals surface area (Å²) in [6.45, 7) is 10.8. The third-order valence-electron chi connectivity index (χ3n) is 2.16. The highest BCUT2D eigenvalue weighted by Crippen LogP contribution is 2.16. The van der Waals surface area contributed by atoms with E-state index in [0.29, 0.717) is 0 Å². The van der Waals surface area contributed by atoms with Crippen LogP contribution in [0.2, 0.25) is 0 Å². The van der Waals surface area contributed by atoms with Crippen LogP contribution in [-0.4, -0.2) is 23.8 Å². The molecule has 2 nitrogen and oxygen atoms in total. The second kappa shape index (κ2) is 6.92. The number of hydrogen-bond acceptors (Lipinski definition) is 3. The van der Waals surface area contributed by atoms with E-state index in [-0.39, 0.29) is 0 Å². The summed E-state index contributed by atoms with van der Waals surface area (Å²) in [6.07, 6.45) is 0. The van der Waals surface area contributed by atoms with Crippen LogP contribution in [0, 0.1) is 19.8 Å². The Kier molecular flexibility index (Phi) is 5.85. The zero-order chi connectivity index (χ0) is 12.0. The molecule has 0 amide bonds. The maximum atomic E-state index is 4.50. The smallest absolute Gasteiger partial charge is 0.0966 e. The number of nitrogens with zero attached hydrogens (tertiary/aromatic N) is 1. The fourth-order valence-corrected chi connectivity index (χ4v) is 2.43. The second-order valence-electron chi connectivity index (χ2n) is 4.57. The van der Waals surface area contributed by atoms with Crippen molar-refractivity contribution in [2.24, 2.45) is 5.92 Å². The van der Waals surface area contributed by atoms with E-state index in [4.69, 9.17) is 0 Å². The molecule has 0 spiro atoms. The van der Waals surface area contributed by atoms with Crippen molar-refractivity contribution in [2.75, 3.05) is 18.8 Å². The van der Waals surface area contributed by atoms with Crippen molar-refractivity contribution < 1.29 is 0 Å². The van der Waals surface area contributed by atoms with Gasteiger partial charge in [0.15, 0.2) is 0 Å². The quantitative estimate of drug-likeness (QED) is 0.609. The Hall–Kier alpha value is -0.540. The molecule has 0 saturated carbocycles. The summed E-state index contributed by atoms with van der Waals surface area (Å²) in [6, 6.07) is 4.27. The molecule has 0 saturated heterocycles. The third-order valence-corrected chi connectivity index (χ3v) is 3.07. The monoisotopic (exact) mass is 238 g/mol. The molecule has 90 valence electrons. The van der Waals surface area contributed by atoms with E-state index in [1.807, 2.05) is 18.7 Å². The van der Waals surface area contributed by atoms with Gasteiger partial charge in [-0.05, 0) is 44.0 Å². The van der Waals surface area contributed by atoms with E-state index in [1.165, 1.54) is 5.56 Å². The first-order valence-corrected chi connectivity index (χ1v) is 6.85. The molecule has 0 aliphatic carbocycles. The molecule has 3 heteroatoms. The van der Waals surface area contributed by atoms with Crippen molar-refractivity contribution in [3.05, 3.63) is 23.4 Å². The Morgan fingerprint density at radius 1 is 1.31 bits per heavy atom. The van der Waals surface area contributed by atoms with E-state index in [2.05, 4.69) is 43.2 Å². The molecule has 0 bridgehead atoms. The van der Waals surface area contributed by atoms with Crippen molar-refractivity contribution in [1.29, 1.82) is 0 Å². The first kappa shape index (κ1) is 13.5. The first-order valence-electron chi connectivity index (χ1n) is 5.86. The predicted octanol–water partition coefficient (Wildman–Crippen LogP) is 3.04. The van der Waals surface area contributed by atoms with Gasteiger partial charge in [-0.15, -0.1) is 11.8 Å². The fourth-order valence-electron chi connectivity index (χ4n) is 1.50. The molecule has 0 atom stereocenters. The summed E-state index contributed by atoms with van der Waals surface area (Å²) in [5.74, 6) is 1.81.